The van der Waals surface area contributed by atoms with Crippen LogP contribution in [0.4, 0.5) is 4.79 Å². The van der Waals surface area contributed by atoms with E-state index in [2.05, 4.69) is 5.10 Å². The largest absolute Gasteiger partial charge is 0.344 e. The highest BCUT2D eigenvalue weighted by molar-refractivity contribution is 5.75. The molecule has 0 atom stereocenters. The van der Waals surface area contributed by atoms with Gasteiger partial charge >= 0.3 is 6.03 Å². The number of carbonyl (C=O) groups excluding carboxylic acids is 1. The molecular formula is C7H11N3O. The normalized spacial score (nSPS) is 9.73. The van der Waals surface area contributed by atoms with Gasteiger partial charge in [-0.2, -0.15) is 9.78 Å². The molecule has 0 aliphatic rings. The van der Waals surface area contributed by atoms with E-state index in [0.29, 0.717) is 0 Å². The molecule has 4 heteroatoms. The first-order chi connectivity index (χ1) is 5.11. The zero-order chi connectivity index (χ0) is 8.43. The number of hydrogen-bond donors (Lipinski definition) is 0. The molecule has 0 aromatic carbocycles. The first-order valence-electron chi connectivity index (χ1n) is 3.34. The van der Waals surface area contributed by atoms with Gasteiger partial charge in [0, 0.05) is 20.3 Å². The molecule has 0 saturated carbocycles. The van der Waals surface area contributed by atoms with E-state index >= 15 is 0 Å². The zero-order valence-corrected chi connectivity index (χ0v) is 6.90. The summed E-state index contributed by atoms with van der Waals surface area (Å²) >= 11 is 0. The van der Waals surface area contributed by atoms with Crippen LogP contribution in [0, 0.1) is 6.92 Å². The molecule has 1 aromatic heterocycles. The molecule has 1 heterocycles. The number of amides is 1. The Morgan fingerprint density at radius 2 is 2.27 bits per heavy atom. The van der Waals surface area contributed by atoms with E-state index < -0.39 is 0 Å². The second-order valence-electron chi connectivity index (χ2n) is 2.64. The van der Waals surface area contributed by atoms with Crippen molar-refractivity contribution in [3.63, 3.8) is 0 Å². The minimum Gasteiger partial charge on any atom is -0.329 e. The first kappa shape index (κ1) is 7.78. The van der Waals surface area contributed by atoms with Crippen molar-refractivity contribution >= 4 is 6.03 Å². The van der Waals surface area contributed by atoms with E-state index in [-0.39, 0.29) is 6.03 Å². The van der Waals surface area contributed by atoms with Crippen LogP contribution in [0.2, 0.25) is 0 Å². The highest BCUT2D eigenvalue weighted by Crippen LogP contribution is 1.95. The Hall–Kier alpha value is -1.32. The molecule has 0 aliphatic heterocycles. The van der Waals surface area contributed by atoms with Crippen LogP contribution in [0.5, 0.6) is 0 Å². The molecule has 0 unspecified atom stereocenters. The van der Waals surface area contributed by atoms with E-state index in [1.54, 1.807) is 26.5 Å². The van der Waals surface area contributed by atoms with Crippen LogP contribution in [0.3, 0.4) is 0 Å². The summed E-state index contributed by atoms with van der Waals surface area (Å²) < 4.78 is 1.31. The van der Waals surface area contributed by atoms with E-state index in [1.165, 1.54) is 9.58 Å². The fraction of sp³-hybridized carbons (Fsp3) is 0.429. The lowest BCUT2D eigenvalue weighted by molar-refractivity contribution is 0.216. The van der Waals surface area contributed by atoms with Crippen LogP contribution >= 0.6 is 0 Å². The summed E-state index contributed by atoms with van der Waals surface area (Å²) in [6.07, 6.45) is 3.35. The van der Waals surface area contributed by atoms with Crippen molar-refractivity contribution in [2.45, 2.75) is 6.92 Å². The SMILES string of the molecule is Cc1cnn(C(=O)N(C)C)c1. The van der Waals surface area contributed by atoms with Crippen molar-refractivity contribution < 1.29 is 4.79 Å². The van der Waals surface area contributed by atoms with Crippen molar-refractivity contribution in [2.75, 3.05) is 14.1 Å². The Balaban J connectivity index is 2.85. The van der Waals surface area contributed by atoms with Gasteiger partial charge in [-0.15, -0.1) is 0 Å². The maximum absolute atomic E-state index is 11.2. The van der Waals surface area contributed by atoms with Crippen LogP contribution in [0.15, 0.2) is 12.4 Å². The lowest BCUT2D eigenvalue weighted by atomic mass is 10.4. The lowest BCUT2D eigenvalue weighted by Gasteiger charge is -2.08. The van der Waals surface area contributed by atoms with Crippen molar-refractivity contribution in [3.05, 3.63) is 18.0 Å². The van der Waals surface area contributed by atoms with Gasteiger partial charge in [-0.1, -0.05) is 0 Å². The van der Waals surface area contributed by atoms with Gasteiger partial charge in [0.25, 0.3) is 0 Å². The van der Waals surface area contributed by atoms with E-state index in [1.807, 2.05) is 6.92 Å². The molecule has 0 saturated heterocycles. The summed E-state index contributed by atoms with van der Waals surface area (Å²) in [5.41, 5.74) is 0.986. The number of rotatable bonds is 0. The predicted octanol–water partition coefficient (Wildman–Crippen LogP) is 0.721. The van der Waals surface area contributed by atoms with E-state index in [9.17, 15) is 4.79 Å². The first-order valence-corrected chi connectivity index (χ1v) is 3.34. The second kappa shape index (κ2) is 2.74. The number of nitrogens with zero attached hydrogens (tertiary/aromatic N) is 3. The number of aromatic nitrogens is 2. The van der Waals surface area contributed by atoms with Gasteiger partial charge in [-0.05, 0) is 12.5 Å². The summed E-state index contributed by atoms with van der Waals surface area (Å²) in [6, 6.07) is -0.127. The van der Waals surface area contributed by atoms with Crippen LogP contribution in [-0.4, -0.2) is 34.8 Å². The Morgan fingerprint density at radius 1 is 1.64 bits per heavy atom. The molecule has 4 nitrogen and oxygen atoms in total. The minimum absolute atomic E-state index is 0.127. The molecule has 11 heavy (non-hydrogen) atoms. The van der Waals surface area contributed by atoms with Gasteiger partial charge in [0.2, 0.25) is 0 Å². The third-order valence-corrected chi connectivity index (χ3v) is 1.29. The molecule has 0 N–H and O–H groups in total. The number of aryl methyl sites for hydroxylation is 1. The summed E-state index contributed by atoms with van der Waals surface area (Å²) in [7, 11) is 3.39. The van der Waals surface area contributed by atoms with Gasteiger partial charge < -0.3 is 4.90 Å². The molecule has 0 bridgehead atoms. The maximum Gasteiger partial charge on any atom is 0.344 e. The Kier molecular flexibility index (Phi) is 1.94. The molecule has 0 aliphatic carbocycles. The highest BCUT2D eigenvalue weighted by Gasteiger charge is 2.06. The van der Waals surface area contributed by atoms with Crippen LogP contribution < -0.4 is 0 Å². The number of hydrogen-bond acceptors (Lipinski definition) is 2. The zero-order valence-electron chi connectivity index (χ0n) is 6.90. The van der Waals surface area contributed by atoms with Gasteiger partial charge in [0.15, 0.2) is 0 Å². The third kappa shape index (κ3) is 1.58. The molecule has 1 aromatic rings. The quantitative estimate of drug-likeness (QED) is 0.551. The highest BCUT2D eigenvalue weighted by atomic mass is 16.2. The molecule has 0 radical (unpaired) electrons. The maximum atomic E-state index is 11.2. The van der Waals surface area contributed by atoms with Gasteiger partial charge in [-0.3, -0.25) is 0 Å². The minimum atomic E-state index is -0.127. The fourth-order valence-corrected chi connectivity index (χ4v) is 0.722. The summed E-state index contributed by atoms with van der Waals surface area (Å²) in [5, 5.41) is 3.86. The average molecular weight is 153 g/mol. The monoisotopic (exact) mass is 153 g/mol. The fourth-order valence-electron chi connectivity index (χ4n) is 0.722. The van der Waals surface area contributed by atoms with Crippen LogP contribution in [0.1, 0.15) is 5.56 Å². The summed E-state index contributed by atoms with van der Waals surface area (Å²) in [4.78, 5) is 12.7. The van der Waals surface area contributed by atoms with E-state index in [0.717, 1.165) is 5.56 Å². The Morgan fingerprint density at radius 3 is 2.64 bits per heavy atom. The van der Waals surface area contributed by atoms with Crippen LogP contribution in [-0.2, 0) is 0 Å². The lowest BCUT2D eigenvalue weighted by Crippen LogP contribution is -2.27. The molecule has 0 spiro atoms. The molecule has 60 valence electrons. The predicted molar refractivity (Wildman–Crippen MR) is 41.4 cm³/mol. The van der Waals surface area contributed by atoms with Gasteiger partial charge in [-0.25, -0.2) is 4.79 Å². The molecular weight excluding hydrogens is 142 g/mol. The third-order valence-electron chi connectivity index (χ3n) is 1.29. The van der Waals surface area contributed by atoms with Crippen molar-refractivity contribution in [1.82, 2.24) is 14.7 Å². The summed E-state index contributed by atoms with van der Waals surface area (Å²) in [6.45, 7) is 1.90. The molecule has 1 rings (SSSR count). The van der Waals surface area contributed by atoms with E-state index in [4.69, 9.17) is 0 Å². The van der Waals surface area contributed by atoms with Gasteiger partial charge in [0.1, 0.15) is 0 Å². The summed E-state index contributed by atoms with van der Waals surface area (Å²) in [5.74, 6) is 0. The Bertz CT molecular complexity index is 264. The molecule has 1 amide bonds. The van der Waals surface area contributed by atoms with Crippen molar-refractivity contribution in [2.24, 2.45) is 0 Å². The second-order valence-corrected chi connectivity index (χ2v) is 2.64. The van der Waals surface area contributed by atoms with Crippen molar-refractivity contribution in [3.8, 4) is 0 Å². The van der Waals surface area contributed by atoms with Gasteiger partial charge in [0.05, 0.1) is 6.20 Å². The standard InChI is InChI=1S/C7H11N3O/c1-6-4-8-10(5-6)7(11)9(2)3/h4-5H,1-3H3. The van der Waals surface area contributed by atoms with Crippen molar-refractivity contribution in [1.29, 1.82) is 0 Å². The Labute approximate surface area is 65.4 Å². The topological polar surface area (TPSA) is 38.1 Å². The molecule has 0 fully saturated rings. The average Bonchev–Trinajstić information content (AvgIpc) is 2.34. The smallest absolute Gasteiger partial charge is 0.329 e. The van der Waals surface area contributed by atoms with Crippen LogP contribution in [0.25, 0.3) is 0 Å². The number of carbonyl (C=O) groups is 1.